The van der Waals surface area contributed by atoms with Crippen LogP contribution in [0.2, 0.25) is 0 Å². The van der Waals surface area contributed by atoms with Crippen LogP contribution < -0.4 is 9.47 Å². The first-order valence-electron chi connectivity index (χ1n) is 11.3. The minimum Gasteiger partial charge on any atom is -0.489 e. The highest BCUT2D eigenvalue weighted by atomic mass is 16.6. The Bertz CT molecular complexity index is 881. The van der Waals surface area contributed by atoms with Crippen LogP contribution in [0.25, 0.3) is 10.9 Å². The molecule has 4 rings (SSSR count). The number of carbonyl (C=O) groups is 1. The molecule has 1 aromatic carbocycles. The molecule has 0 spiro atoms. The van der Waals surface area contributed by atoms with Crippen molar-refractivity contribution in [3.8, 4) is 11.6 Å². The van der Waals surface area contributed by atoms with Gasteiger partial charge in [0, 0.05) is 43.7 Å². The number of amides is 1. The smallest absolute Gasteiger partial charge is 0.416 e. The van der Waals surface area contributed by atoms with Gasteiger partial charge in [0.25, 0.3) is 0 Å². The summed E-state index contributed by atoms with van der Waals surface area (Å²) in [7, 11) is 0. The van der Waals surface area contributed by atoms with E-state index in [1.807, 2.05) is 29.2 Å². The first kappa shape index (κ1) is 20.9. The van der Waals surface area contributed by atoms with Gasteiger partial charge >= 0.3 is 6.09 Å². The van der Waals surface area contributed by atoms with Crippen molar-refractivity contribution >= 4 is 17.0 Å². The summed E-state index contributed by atoms with van der Waals surface area (Å²) in [6.07, 6.45) is 4.33. The van der Waals surface area contributed by atoms with Gasteiger partial charge in [-0.15, -0.1) is 0 Å². The predicted octanol–water partition coefficient (Wildman–Crippen LogP) is 4.72. The topological polar surface area (TPSA) is 54.9 Å². The molecule has 6 heteroatoms. The number of ether oxygens (including phenoxy) is 2. The monoisotopic (exact) mass is 411 g/mol. The third kappa shape index (κ3) is 5.22. The fraction of sp³-hybridized carbons (Fsp3) is 0.583. The van der Waals surface area contributed by atoms with Crippen molar-refractivity contribution in [2.24, 2.45) is 5.92 Å². The molecule has 30 heavy (non-hydrogen) atoms. The Kier molecular flexibility index (Phi) is 6.42. The number of fused-ring (bicyclic) bond motifs is 1. The van der Waals surface area contributed by atoms with Crippen LogP contribution in [0.3, 0.4) is 0 Å². The molecular weight excluding hydrogens is 378 g/mol. The van der Waals surface area contributed by atoms with Crippen molar-refractivity contribution in [1.82, 2.24) is 14.8 Å². The molecule has 2 heterocycles. The molecule has 1 unspecified atom stereocenters. The molecule has 0 radical (unpaired) electrons. The molecule has 0 N–H and O–H groups in total. The van der Waals surface area contributed by atoms with E-state index in [-0.39, 0.29) is 12.2 Å². The van der Waals surface area contributed by atoms with Crippen LogP contribution in [0.1, 0.15) is 46.5 Å². The summed E-state index contributed by atoms with van der Waals surface area (Å²) in [6, 6.07) is 10.2. The second-order valence-electron chi connectivity index (χ2n) is 8.88. The summed E-state index contributed by atoms with van der Waals surface area (Å²) >= 11 is 0. The Balaban J connectivity index is 1.39. The van der Waals surface area contributed by atoms with Crippen molar-refractivity contribution in [1.29, 1.82) is 0 Å². The molecule has 1 amide bonds. The lowest BCUT2D eigenvalue weighted by atomic mass is 10.2. The number of aromatic nitrogens is 1. The second-order valence-corrected chi connectivity index (χ2v) is 8.88. The van der Waals surface area contributed by atoms with Gasteiger partial charge in [0.05, 0.1) is 5.52 Å². The van der Waals surface area contributed by atoms with Gasteiger partial charge in [0.1, 0.15) is 11.9 Å². The van der Waals surface area contributed by atoms with Crippen molar-refractivity contribution in [2.75, 3.05) is 26.2 Å². The molecule has 6 nitrogen and oxygen atoms in total. The number of hydrogen-bond donors (Lipinski definition) is 0. The lowest BCUT2D eigenvalue weighted by molar-refractivity contribution is 0.148. The summed E-state index contributed by atoms with van der Waals surface area (Å²) < 4.78 is 11.8. The molecule has 0 bridgehead atoms. The highest BCUT2D eigenvalue weighted by Crippen LogP contribution is 2.30. The molecular formula is C24H33N3O3. The summed E-state index contributed by atoms with van der Waals surface area (Å²) in [4.78, 5) is 21.3. The van der Waals surface area contributed by atoms with E-state index < -0.39 is 0 Å². The first-order valence-corrected chi connectivity index (χ1v) is 11.3. The largest absolute Gasteiger partial charge is 0.489 e. The van der Waals surface area contributed by atoms with Crippen LogP contribution in [-0.2, 0) is 0 Å². The van der Waals surface area contributed by atoms with E-state index in [0.717, 1.165) is 55.7 Å². The Morgan fingerprint density at radius 1 is 1.23 bits per heavy atom. The summed E-state index contributed by atoms with van der Waals surface area (Å²) in [6.45, 7) is 10.1. The Labute approximate surface area is 179 Å². The van der Waals surface area contributed by atoms with Crippen LogP contribution >= 0.6 is 0 Å². The minimum absolute atomic E-state index is 0.231. The predicted molar refractivity (Wildman–Crippen MR) is 118 cm³/mol. The zero-order chi connectivity index (χ0) is 21.1. The maximum Gasteiger partial charge on any atom is 0.416 e. The minimum atomic E-state index is -0.300. The molecule has 162 valence electrons. The van der Waals surface area contributed by atoms with Gasteiger partial charge in [0.2, 0.25) is 5.88 Å². The maximum atomic E-state index is 12.6. The van der Waals surface area contributed by atoms with E-state index in [1.165, 1.54) is 12.8 Å². The van der Waals surface area contributed by atoms with Crippen molar-refractivity contribution in [2.45, 2.75) is 58.6 Å². The fourth-order valence-electron chi connectivity index (χ4n) is 4.02. The summed E-state index contributed by atoms with van der Waals surface area (Å²) in [5, 5.41) is 0.981. The van der Waals surface area contributed by atoms with Crippen LogP contribution in [0, 0.1) is 5.92 Å². The normalized spacial score (nSPS) is 19.4. The highest BCUT2D eigenvalue weighted by molar-refractivity contribution is 5.81. The number of rotatable bonds is 8. The highest BCUT2D eigenvalue weighted by Gasteiger charge is 2.28. The fourth-order valence-corrected chi connectivity index (χ4v) is 4.02. The molecule has 1 aromatic heterocycles. The zero-order valence-electron chi connectivity index (χ0n) is 18.3. The van der Waals surface area contributed by atoms with Crippen LogP contribution in [-0.4, -0.2) is 59.2 Å². The van der Waals surface area contributed by atoms with E-state index >= 15 is 0 Å². The Hall–Kier alpha value is -2.34. The Morgan fingerprint density at radius 3 is 2.77 bits per heavy atom. The van der Waals surface area contributed by atoms with Gasteiger partial charge in [-0.2, -0.15) is 0 Å². The molecule has 1 saturated carbocycles. The molecule has 2 aliphatic rings. The van der Waals surface area contributed by atoms with Crippen molar-refractivity contribution < 1.29 is 14.3 Å². The molecule has 1 saturated heterocycles. The van der Waals surface area contributed by atoms with Gasteiger partial charge in [0.15, 0.2) is 0 Å². The van der Waals surface area contributed by atoms with Crippen molar-refractivity contribution in [3.05, 3.63) is 30.3 Å². The number of pyridine rings is 1. The lowest BCUT2D eigenvalue weighted by Crippen LogP contribution is -2.36. The third-order valence-electron chi connectivity index (χ3n) is 5.96. The average Bonchev–Trinajstić information content (AvgIpc) is 3.42. The first-order chi connectivity index (χ1) is 14.5. The van der Waals surface area contributed by atoms with Gasteiger partial charge in [-0.1, -0.05) is 6.92 Å². The quantitative estimate of drug-likeness (QED) is 0.629. The van der Waals surface area contributed by atoms with E-state index in [4.69, 9.17) is 9.47 Å². The number of likely N-dealkylation sites (tertiary alicyclic amines) is 1. The zero-order valence-corrected chi connectivity index (χ0v) is 18.3. The lowest BCUT2D eigenvalue weighted by Gasteiger charge is -2.21. The molecule has 1 aliphatic carbocycles. The van der Waals surface area contributed by atoms with E-state index in [9.17, 15) is 4.79 Å². The molecule has 2 fully saturated rings. The third-order valence-corrected chi connectivity index (χ3v) is 5.96. The van der Waals surface area contributed by atoms with Gasteiger partial charge in [-0.05, 0) is 69.7 Å². The van der Waals surface area contributed by atoms with E-state index in [0.29, 0.717) is 17.8 Å². The molecule has 1 aliphatic heterocycles. The van der Waals surface area contributed by atoms with Crippen LogP contribution in [0.5, 0.6) is 11.6 Å². The van der Waals surface area contributed by atoms with Crippen LogP contribution in [0.15, 0.2) is 30.3 Å². The Morgan fingerprint density at radius 2 is 2.07 bits per heavy atom. The maximum absolute atomic E-state index is 12.6. The molecule has 1 atom stereocenters. The van der Waals surface area contributed by atoms with E-state index in [2.05, 4.69) is 30.7 Å². The van der Waals surface area contributed by atoms with Crippen molar-refractivity contribution in [3.63, 3.8) is 0 Å². The average molecular weight is 412 g/mol. The number of nitrogens with zero attached hydrogens (tertiary/aromatic N) is 3. The molecule has 2 aromatic rings. The SMILES string of the molecule is CCCN(CC1CC1)C(=O)Oc1ccc2cc(OC3CCN(C(C)C)C3)ccc2n1. The summed E-state index contributed by atoms with van der Waals surface area (Å²) in [5.74, 6) is 1.85. The van der Waals surface area contributed by atoms with Crippen LogP contribution in [0.4, 0.5) is 4.79 Å². The van der Waals surface area contributed by atoms with Gasteiger partial charge in [-0.3, -0.25) is 4.90 Å². The number of hydrogen-bond acceptors (Lipinski definition) is 5. The number of carbonyl (C=O) groups excluding carboxylic acids is 1. The van der Waals surface area contributed by atoms with Gasteiger partial charge in [-0.25, -0.2) is 9.78 Å². The summed E-state index contributed by atoms with van der Waals surface area (Å²) in [5.41, 5.74) is 0.798. The van der Waals surface area contributed by atoms with Gasteiger partial charge < -0.3 is 14.4 Å². The second kappa shape index (κ2) is 9.21. The standard InChI is InChI=1S/C24H33N3O3/c1-4-12-27(15-18-5-6-18)24(28)30-23-10-7-19-14-20(8-9-22(19)25-23)29-21-11-13-26(16-21)17(2)3/h7-10,14,17-18,21H,4-6,11-13,15-16H2,1-3H3. The van der Waals surface area contributed by atoms with E-state index in [1.54, 1.807) is 6.07 Å². The number of benzene rings is 1.